The zero-order valence-corrected chi connectivity index (χ0v) is 12.5. The van der Waals surface area contributed by atoms with E-state index >= 15 is 0 Å². The molecule has 10 heteroatoms. The van der Waals surface area contributed by atoms with E-state index in [1.54, 1.807) is 6.92 Å². The van der Waals surface area contributed by atoms with Gasteiger partial charge in [0.2, 0.25) is 0 Å². The first-order valence-electron chi connectivity index (χ1n) is 5.53. The van der Waals surface area contributed by atoms with Crippen LogP contribution in [0.15, 0.2) is 0 Å². The van der Waals surface area contributed by atoms with Crippen LogP contribution in [-0.2, 0) is 34.0 Å². The summed E-state index contributed by atoms with van der Waals surface area (Å²) in [7, 11) is -8.37. The van der Waals surface area contributed by atoms with Gasteiger partial charge in [0.25, 0.3) is 20.2 Å². The fourth-order valence-corrected chi connectivity index (χ4v) is 2.85. The fraction of sp³-hybridized carbons (Fsp3) is 0.889. The van der Waals surface area contributed by atoms with Crippen molar-refractivity contribution in [1.29, 1.82) is 0 Å². The Morgan fingerprint density at radius 1 is 1.21 bits per heavy atom. The summed E-state index contributed by atoms with van der Waals surface area (Å²) in [5.74, 6) is -1.45. The fourth-order valence-electron chi connectivity index (χ4n) is 1.03. The molecule has 0 aliphatic rings. The molecular weight excluding hydrogens is 300 g/mol. The van der Waals surface area contributed by atoms with Crippen LogP contribution in [0.4, 0.5) is 0 Å². The third-order valence-electron chi connectivity index (χ3n) is 2.19. The molecule has 8 nitrogen and oxygen atoms in total. The molecule has 0 aliphatic heterocycles. The standard InChI is InChI=1S/C9H18O8S2/c1-4-16-9(10)8(3)17-18(11,12)6-5-7(2)19(13,14)15/h7-8H,4-6H2,1-3H3,(H,13,14,15). The normalized spacial score (nSPS) is 15.8. The van der Waals surface area contributed by atoms with Crippen LogP contribution in [0.3, 0.4) is 0 Å². The Labute approximate surface area is 113 Å². The van der Waals surface area contributed by atoms with E-state index in [0.29, 0.717) is 0 Å². The summed E-state index contributed by atoms with van der Waals surface area (Å²) in [6.45, 7) is 4.03. The summed E-state index contributed by atoms with van der Waals surface area (Å²) in [5.41, 5.74) is 0. The molecule has 19 heavy (non-hydrogen) atoms. The molecule has 2 atom stereocenters. The van der Waals surface area contributed by atoms with Crippen molar-refractivity contribution >= 4 is 26.2 Å². The number of carbonyl (C=O) groups is 1. The van der Waals surface area contributed by atoms with E-state index in [1.807, 2.05) is 0 Å². The SMILES string of the molecule is CCOC(=O)C(C)OS(=O)(=O)CCC(C)S(=O)(=O)O. The van der Waals surface area contributed by atoms with Gasteiger partial charge in [0.05, 0.1) is 17.6 Å². The van der Waals surface area contributed by atoms with Gasteiger partial charge in [-0.25, -0.2) is 4.79 Å². The van der Waals surface area contributed by atoms with E-state index in [1.165, 1.54) is 13.8 Å². The first-order valence-corrected chi connectivity index (χ1v) is 8.61. The highest BCUT2D eigenvalue weighted by atomic mass is 32.2. The molecule has 0 heterocycles. The van der Waals surface area contributed by atoms with Gasteiger partial charge in [-0.05, 0) is 27.2 Å². The van der Waals surface area contributed by atoms with Gasteiger partial charge in [0.15, 0.2) is 6.10 Å². The number of carbonyl (C=O) groups excluding carboxylic acids is 1. The summed E-state index contributed by atoms with van der Waals surface area (Å²) in [6.07, 6.45) is -1.64. The molecule has 0 aliphatic carbocycles. The molecule has 0 spiro atoms. The van der Waals surface area contributed by atoms with Crippen LogP contribution >= 0.6 is 0 Å². The van der Waals surface area contributed by atoms with E-state index in [-0.39, 0.29) is 13.0 Å². The third kappa shape index (κ3) is 7.45. The summed E-state index contributed by atoms with van der Waals surface area (Å²) >= 11 is 0. The van der Waals surface area contributed by atoms with Gasteiger partial charge in [-0.2, -0.15) is 16.8 Å². The molecule has 1 N–H and O–H groups in total. The number of hydrogen-bond acceptors (Lipinski definition) is 7. The molecule has 114 valence electrons. The average molecular weight is 318 g/mol. The number of rotatable bonds is 8. The molecule has 0 radical (unpaired) electrons. The van der Waals surface area contributed by atoms with Crippen molar-refractivity contribution in [3.05, 3.63) is 0 Å². The molecule has 0 rings (SSSR count). The lowest BCUT2D eigenvalue weighted by Crippen LogP contribution is -2.29. The smallest absolute Gasteiger partial charge is 0.336 e. The predicted molar refractivity (Wildman–Crippen MR) is 66.6 cm³/mol. The first-order chi connectivity index (χ1) is 8.49. The largest absolute Gasteiger partial charge is 0.464 e. The maximum Gasteiger partial charge on any atom is 0.336 e. The molecule has 0 fully saturated rings. The molecule has 0 aromatic carbocycles. The summed E-state index contributed by atoms with van der Waals surface area (Å²) in [4.78, 5) is 11.2. The summed E-state index contributed by atoms with van der Waals surface area (Å²) in [6, 6.07) is 0. The second kappa shape index (κ2) is 7.17. The third-order valence-corrected chi connectivity index (χ3v) is 4.76. The Hall–Kier alpha value is -0.710. The van der Waals surface area contributed by atoms with Crippen molar-refractivity contribution in [2.45, 2.75) is 38.5 Å². The van der Waals surface area contributed by atoms with Crippen molar-refractivity contribution in [2.75, 3.05) is 12.4 Å². The molecule has 0 saturated carbocycles. The Kier molecular flexibility index (Phi) is 6.91. The quantitative estimate of drug-likeness (QED) is 0.375. The van der Waals surface area contributed by atoms with Crippen molar-refractivity contribution in [3.63, 3.8) is 0 Å². The maximum atomic E-state index is 11.5. The highest BCUT2D eigenvalue weighted by Crippen LogP contribution is 2.09. The minimum atomic E-state index is -4.29. The van der Waals surface area contributed by atoms with Gasteiger partial charge in [-0.1, -0.05) is 0 Å². The van der Waals surface area contributed by atoms with Crippen LogP contribution in [0.1, 0.15) is 27.2 Å². The first kappa shape index (κ1) is 18.3. The van der Waals surface area contributed by atoms with Gasteiger partial charge in [0, 0.05) is 0 Å². The zero-order chi connectivity index (χ0) is 15.3. The molecule has 0 aromatic rings. The zero-order valence-electron chi connectivity index (χ0n) is 10.9. The Morgan fingerprint density at radius 2 is 1.74 bits per heavy atom. The number of esters is 1. The molecule has 0 bridgehead atoms. The van der Waals surface area contributed by atoms with E-state index < -0.39 is 43.3 Å². The highest BCUT2D eigenvalue weighted by Gasteiger charge is 2.26. The lowest BCUT2D eigenvalue weighted by molar-refractivity contribution is -0.150. The molecule has 0 saturated heterocycles. The minimum absolute atomic E-state index is 0.0897. The summed E-state index contributed by atoms with van der Waals surface area (Å²) < 4.78 is 62.2. The van der Waals surface area contributed by atoms with Crippen LogP contribution in [0, 0.1) is 0 Å². The molecule has 0 aromatic heterocycles. The summed E-state index contributed by atoms with van der Waals surface area (Å²) in [5, 5.41) is -1.23. The monoisotopic (exact) mass is 318 g/mol. The van der Waals surface area contributed by atoms with Crippen molar-refractivity contribution in [3.8, 4) is 0 Å². The van der Waals surface area contributed by atoms with E-state index in [2.05, 4.69) is 8.92 Å². The van der Waals surface area contributed by atoms with E-state index in [9.17, 15) is 21.6 Å². The van der Waals surface area contributed by atoms with Gasteiger partial charge in [-0.3, -0.25) is 8.74 Å². The van der Waals surface area contributed by atoms with Crippen LogP contribution in [0.5, 0.6) is 0 Å². The van der Waals surface area contributed by atoms with E-state index in [4.69, 9.17) is 4.55 Å². The predicted octanol–water partition coefficient (Wildman–Crippen LogP) is -0.0492. The topological polar surface area (TPSA) is 124 Å². The van der Waals surface area contributed by atoms with Crippen molar-refractivity contribution < 1.29 is 35.1 Å². The lowest BCUT2D eigenvalue weighted by atomic mass is 10.4. The van der Waals surface area contributed by atoms with Gasteiger partial charge in [-0.15, -0.1) is 0 Å². The van der Waals surface area contributed by atoms with Gasteiger partial charge in [0.1, 0.15) is 0 Å². The van der Waals surface area contributed by atoms with Crippen LogP contribution < -0.4 is 0 Å². The molecular formula is C9H18O8S2. The van der Waals surface area contributed by atoms with Crippen LogP contribution in [-0.4, -0.2) is 51.1 Å². The Bertz CT molecular complexity index is 492. The lowest BCUT2D eigenvalue weighted by Gasteiger charge is -2.13. The average Bonchev–Trinajstić information content (AvgIpc) is 2.24. The van der Waals surface area contributed by atoms with Crippen LogP contribution in [0.2, 0.25) is 0 Å². The molecule has 0 amide bonds. The van der Waals surface area contributed by atoms with E-state index in [0.717, 1.165) is 0 Å². The number of ether oxygens (including phenoxy) is 1. The molecule has 2 unspecified atom stereocenters. The maximum absolute atomic E-state index is 11.5. The second-order valence-corrected chi connectivity index (χ2v) is 7.42. The van der Waals surface area contributed by atoms with Gasteiger partial charge < -0.3 is 4.74 Å². The number of hydrogen-bond donors (Lipinski definition) is 1. The van der Waals surface area contributed by atoms with Crippen molar-refractivity contribution in [1.82, 2.24) is 0 Å². The highest BCUT2D eigenvalue weighted by molar-refractivity contribution is 7.87. The minimum Gasteiger partial charge on any atom is -0.464 e. The van der Waals surface area contributed by atoms with Crippen LogP contribution in [0.25, 0.3) is 0 Å². The van der Waals surface area contributed by atoms with Gasteiger partial charge >= 0.3 is 5.97 Å². The Morgan fingerprint density at radius 3 is 2.16 bits per heavy atom. The van der Waals surface area contributed by atoms with Crippen molar-refractivity contribution in [2.24, 2.45) is 0 Å². The second-order valence-electron chi connectivity index (χ2n) is 3.87. The Balaban J connectivity index is 4.46.